The molecule has 4 N–H and O–H groups in total. The molecule has 1 atom stereocenters. The number of carbonyl (C=O) groups is 1. The molecule has 0 fully saturated rings. The first-order valence-electron chi connectivity index (χ1n) is 10.5. The monoisotopic (exact) mass is 502 g/mol. The molecule has 1 aliphatic rings. The van der Waals surface area contributed by atoms with Gasteiger partial charge in [-0.25, -0.2) is 14.5 Å². The van der Waals surface area contributed by atoms with Crippen LogP contribution in [0.5, 0.6) is 0 Å². The third kappa shape index (κ3) is 4.48. The van der Waals surface area contributed by atoms with Gasteiger partial charge in [-0.3, -0.25) is 10.2 Å². The van der Waals surface area contributed by atoms with E-state index in [1.54, 1.807) is 22.8 Å². The molecule has 0 aliphatic heterocycles. The lowest BCUT2D eigenvalue weighted by Gasteiger charge is -2.19. The average Bonchev–Trinajstić information content (AvgIpc) is 3.24. The fourth-order valence-electron chi connectivity index (χ4n) is 4.08. The Morgan fingerprint density at radius 1 is 1.32 bits per heavy atom. The Morgan fingerprint density at radius 2 is 2.06 bits per heavy atom. The molecule has 0 saturated carbocycles. The van der Waals surface area contributed by atoms with E-state index in [0.717, 1.165) is 17.5 Å². The highest BCUT2D eigenvalue weighted by Gasteiger charge is 2.43. The molecule has 0 aromatic carbocycles. The van der Waals surface area contributed by atoms with E-state index in [-0.39, 0.29) is 27.9 Å². The number of aliphatic hydroxyl groups is 1. The molecule has 3 aromatic heterocycles. The van der Waals surface area contributed by atoms with Crippen LogP contribution in [0.3, 0.4) is 0 Å². The van der Waals surface area contributed by atoms with Crippen LogP contribution in [0.25, 0.3) is 5.65 Å². The number of carbonyl (C=O) groups excluding carboxylic acids is 1. The third-order valence-corrected chi connectivity index (χ3v) is 6.16. The maximum atomic E-state index is 13.2. The van der Waals surface area contributed by atoms with Gasteiger partial charge < -0.3 is 15.8 Å². The topological polar surface area (TPSA) is 141 Å². The fraction of sp³-hybridized carbons (Fsp3) is 0.364. The highest BCUT2D eigenvalue weighted by atomic mass is 35.5. The van der Waals surface area contributed by atoms with E-state index >= 15 is 0 Å². The number of aromatic nitrogens is 4. The van der Waals surface area contributed by atoms with Crippen LogP contribution in [0.4, 0.5) is 11.5 Å². The minimum Gasteiger partial charge on any atom is -0.384 e. The Bertz CT molecular complexity index is 1330. The minimum atomic E-state index is -1.30. The molecule has 34 heavy (non-hydrogen) atoms. The molecule has 1 amide bonds. The van der Waals surface area contributed by atoms with Gasteiger partial charge in [0.25, 0.3) is 0 Å². The number of fused-ring (bicyclic) bond motifs is 3. The van der Waals surface area contributed by atoms with E-state index in [9.17, 15) is 9.90 Å². The van der Waals surface area contributed by atoms with Crippen LogP contribution in [0.1, 0.15) is 51.3 Å². The standard InChI is InChI=1S/C22H24Cl2N8O2/c1-21(2)7-12(13-10-26-17-6-16(24)31-32(17)18(13)21)20(33)28-11-5-14(23)19(27-9-11)30-29-15(8-25)22(3,4)34/h5-6,8-10,12,25,34H,7H2,1-4H3,(H,27,30)(H,28,33)/b25-8?,29-15+/t12-/m1/s1. The fourth-order valence-corrected chi connectivity index (χ4v) is 4.46. The third-order valence-electron chi connectivity index (χ3n) is 5.68. The van der Waals surface area contributed by atoms with Gasteiger partial charge in [0.2, 0.25) is 5.91 Å². The summed E-state index contributed by atoms with van der Waals surface area (Å²) < 4.78 is 1.71. The van der Waals surface area contributed by atoms with Crippen LogP contribution in [-0.4, -0.2) is 48.1 Å². The molecule has 0 spiro atoms. The lowest BCUT2D eigenvalue weighted by atomic mass is 9.88. The number of halogens is 2. The van der Waals surface area contributed by atoms with E-state index in [2.05, 4.69) is 44.8 Å². The molecule has 0 bridgehead atoms. The molecule has 3 heterocycles. The number of nitrogens with zero attached hydrogens (tertiary/aromatic N) is 5. The quantitative estimate of drug-likeness (QED) is 0.296. The minimum absolute atomic E-state index is 0.103. The number of rotatable bonds is 6. The van der Waals surface area contributed by atoms with Gasteiger partial charge in [0.15, 0.2) is 16.6 Å². The lowest BCUT2D eigenvalue weighted by Crippen LogP contribution is -2.32. The molecular weight excluding hydrogens is 479 g/mol. The second kappa shape index (κ2) is 8.61. The largest absolute Gasteiger partial charge is 0.384 e. The predicted molar refractivity (Wildman–Crippen MR) is 132 cm³/mol. The summed E-state index contributed by atoms with van der Waals surface area (Å²) in [6.45, 7) is 7.14. The number of pyridine rings is 1. The average molecular weight is 503 g/mol. The van der Waals surface area contributed by atoms with Crippen LogP contribution in [0, 0.1) is 5.41 Å². The Labute approximate surface area is 205 Å². The van der Waals surface area contributed by atoms with Crippen molar-refractivity contribution in [3.05, 3.63) is 46.0 Å². The number of anilines is 2. The summed E-state index contributed by atoms with van der Waals surface area (Å²) in [5, 5.41) is 29.1. The molecule has 178 valence electrons. The van der Waals surface area contributed by atoms with Crippen molar-refractivity contribution in [1.29, 1.82) is 5.41 Å². The summed E-state index contributed by atoms with van der Waals surface area (Å²) in [5.41, 5.74) is 3.88. The summed E-state index contributed by atoms with van der Waals surface area (Å²) in [6.07, 6.45) is 4.68. The first-order valence-corrected chi connectivity index (χ1v) is 11.2. The van der Waals surface area contributed by atoms with Crippen molar-refractivity contribution in [3.8, 4) is 0 Å². The Hall–Kier alpha value is -3.08. The zero-order valence-corrected chi connectivity index (χ0v) is 20.5. The number of amides is 1. The number of hydrogen-bond acceptors (Lipinski definition) is 8. The van der Waals surface area contributed by atoms with Gasteiger partial charge >= 0.3 is 0 Å². The SMILES string of the molecule is CC(C)(O)/C(C=N)=N/Nc1ncc(NC(=O)[C@@H]2CC(C)(C)c3c2cnc2cc(Cl)nn32)cc1Cl. The van der Waals surface area contributed by atoms with Gasteiger partial charge in [-0.15, -0.1) is 0 Å². The van der Waals surface area contributed by atoms with Crippen molar-refractivity contribution >= 4 is 58.2 Å². The van der Waals surface area contributed by atoms with Crippen LogP contribution >= 0.6 is 23.2 Å². The van der Waals surface area contributed by atoms with Crippen molar-refractivity contribution in [1.82, 2.24) is 19.6 Å². The smallest absolute Gasteiger partial charge is 0.232 e. The van der Waals surface area contributed by atoms with Gasteiger partial charge in [0.1, 0.15) is 11.3 Å². The normalized spacial score (nSPS) is 17.5. The second-order valence-corrected chi connectivity index (χ2v) is 10.1. The zero-order chi connectivity index (χ0) is 24.8. The van der Waals surface area contributed by atoms with Gasteiger partial charge in [0.05, 0.1) is 28.5 Å². The number of hydrogen-bond donors (Lipinski definition) is 4. The Balaban J connectivity index is 1.55. The van der Waals surface area contributed by atoms with Crippen molar-refractivity contribution in [2.75, 3.05) is 10.7 Å². The molecule has 12 heteroatoms. The van der Waals surface area contributed by atoms with Crippen molar-refractivity contribution in [3.63, 3.8) is 0 Å². The Kier molecular flexibility index (Phi) is 6.09. The van der Waals surface area contributed by atoms with Crippen LogP contribution in [0.2, 0.25) is 10.2 Å². The van der Waals surface area contributed by atoms with E-state index in [1.807, 2.05) is 0 Å². The molecule has 0 saturated heterocycles. The van der Waals surface area contributed by atoms with Crippen LogP contribution in [0.15, 0.2) is 29.6 Å². The summed E-state index contributed by atoms with van der Waals surface area (Å²) in [6, 6.07) is 3.24. The number of nitrogens with one attached hydrogen (secondary N) is 3. The maximum absolute atomic E-state index is 13.2. The van der Waals surface area contributed by atoms with Gasteiger partial charge in [0, 0.05) is 29.5 Å². The highest BCUT2D eigenvalue weighted by molar-refractivity contribution is 6.34. The first-order chi connectivity index (χ1) is 15.9. The van der Waals surface area contributed by atoms with Crippen molar-refractivity contribution < 1.29 is 9.90 Å². The zero-order valence-electron chi connectivity index (χ0n) is 19.0. The highest BCUT2D eigenvalue weighted by Crippen LogP contribution is 2.46. The second-order valence-electron chi connectivity index (χ2n) is 9.30. The summed E-state index contributed by atoms with van der Waals surface area (Å²) >= 11 is 12.4. The molecule has 0 radical (unpaired) electrons. The van der Waals surface area contributed by atoms with Crippen molar-refractivity contribution in [2.45, 2.75) is 51.0 Å². The van der Waals surface area contributed by atoms with Crippen LogP contribution in [-0.2, 0) is 10.2 Å². The van der Waals surface area contributed by atoms with E-state index in [0.29, 0.717) is 22.9 Å². The van der Waals surface area contributed by atoms with Crippen molar-refractivity contribution in [2.24, 2.45) is 5.10 Å². The molecule has 3 aromatic rings. The first kappa shape index (κ1) is 24.1. The Morgan fingerprint density at radius 3 is 2.71 bits per heavy atom. The van der Waals surface area contributed by atoms with Gasteiger partial charge in [-0.2, -0.15) is 10.2 Å². The van der Waals surface area contributed by atoms with Crippen LogP contribution < -0.4 is 10.7 Å². The molecular formula is C22H24Cl2N8O2. The molecule has 4 rings (SSSR count). The molecule has 1 aliphatic carbocycles. The predicted octanol–water partition coefficient (Wildman–Crippen LogP) is 4.02. The van der Waals surface area contributed by atoms with E-state index < -0.39 is 11.5 Å². The maximum Gasteiger partial charge on any atom is 0.232 e. The van der Waals surface area contributed by atoms with E-state index in [1.165, 1.54) is 20.0 Å². The molecule has 10 nitrogen and oxygen atoms in total. The summed E-state index contributed by atoms with van der Waals surface area (Å²) in [5.74, 6) is -0.429. The summed E-state index contributed by atoms with van der Waals surface area (Å²) in [7, 11) is 0. The van der Waals surface area contributed by atoms with Gasteiger partial charge in [-0.05, 0) is 26.3 Å². The molecule has 0 unspecified atom stereocenters. The lowest BCUT2D eigenvalue weighted by molar-refractivity contribution is -0.117. The number of hydrazone groups is 1. The van der Waals surface area contributed by atoms with Gasteiger partial charge in [-0.1, -0.05) is 37.0 Å². The van der Waals surface area contributed by atoms with E-state index in [4.69, 9.17) is 28.6 Å². The summed E-state index contributed by atoms with van der Waals surface area (Å²) in [4.78, 5) is 21.8.